The molecule has 0 saturated heterocycles. The van der Waals surface area contributed by atoms with Gasteiger partial charge in [-0.3, -0.25) is 24.0 Å². The molecule has 22 rings (SSSR count). The molecule has 150 heavy (non-hydrogen) atoms. The van der Waals surface area contributed by atoms with Gasteiger partial charge in [0.05, 0.1) is 80.5 Å². The van der Waals surface area contributed by atoms with Gasteiger partial charge in [-0.1, -0.05) is 217 Å². The summed E-state index contributed by atoms with van der Waals surface area (Å²) in [5.74, 6) is -2.27. The lowest BCUT2D eigenvalue weighted by Gasteiger charge is -2.31. The fourth-order valence-corrected chi connectivity index (χ4v) is 27.3. The van der Waals surface area contributed by atoms with Crippen molar-refractivity contribution < 1.29 is 100 Å². The van der Waals surface area contributed by atoms with E-state index in [1.807, 2.05) is 89.2 Å². The number of benzene rings is 12. The van der Waals surface area contributed by atoms with Crippen molar-refractivity contribution in [1.29, 1.82) is 0 Å². The lowest BCUT2D eigenvalue weighted by Crippen LogP contribution is -2.34. The lowest BCUT2D eigenvalue weighted by atomic mass is 9.81. The number of rotatable bonds is 18. The van der Waals surface area contributed by atoms with E-state index in [0.717, 1.165) is 63.1 Å². The number of aromatic nitrogens is 5. The fraction of sp³-hybridized carbons (Fsp3) is 0.127. The van der Waals surface area contributed by atoms with Gasteiger partial charge >= 0.3 is 0 Å². The highest BCUT2D eigenvalue weighted by atomic mass is 32.2. The third-order valence-corrected chi connectivity index (χ3v) is 35.4. The zero-order valence-corrected chi connectivity index (χ0v) is 85.5. The second-order valence-corrected chi connectivity index (χ2v) is 46.5. The molecule has 32 heteroatoms. The maximum atomic E-state index is 14.6. The molecular formula is C118H97F2N5O20S5. The quantitative estimate of drug-likeness (QED) is 0.0532. The predicted molar refractivity (Wildman–Crippen MR) is 571 cm³/mol. The number of nitrogens with zero attached hydrogens (tertiary/aromatic N) is 5. The van der Waals surface area contributed by atoms with Crippen LogP contribution in [0, 0.1) is 18.6 Å². The van der Waals surface area contributed by atoms with Crippen LogP contribution in [-0.2, 0) is 97.3 Å². The smallest absolute Gasteiger partial charge is 0.269 e. The highest BCUT2D eigenvalue weighted by Gasteiger charge is 2.45. The van der Waals surface area contributed by atoms with Gasteiger partial charge in [-0.25, -0.2) is 70.7 Å². The van der Waals surface area contributed by atoms with Crippen LogP contribution in [0.2, 0.25) is 0 Å². The normalized spacial score (nSPS) is 16.4. The lowest BCUT2D eigenvalue weighted by molar-refractivity contribution is -0.111. The van der Waals surface area contributed by atoms with E-state index in [1.54, 1.807) is 176 Å². The SMILES string of the molecule is CC(C)c1cc(C(C)C)c(S(=O)(=O)n2c(C3(O)C=CC(=O)C=C3)cc3ccccc32)c(C(C)C)c1.Cc1ccc(S(=O)(=O)n2c(C3(O)C=CC(=O)C=C3)cc3cc(F)ccc32)cc1.O=C1C=CC(O)(c2cc3ccccc3n2S(=O)(=O)c2ccc(F)cc2)C=C1.O=C1C=CC(O)(c2cc3ccccc3n2S(=O)(=O)c2ccc3ccccc3c2)C=C1.O=C1C=CC(O)(c2cc3ccccc3n2S(=O)(=O)c2ccccc2)c2ccccc21. The Balaban J connectivity index is 0.000000123. The van der Waals surface area contributed by atoms with Crippen molar-refractivity contribution in [2.45, 2.75) is 119 Å². The minimum Gasteiger partial charge on any atom is -0.376 e. The van der Waals surface area contributed by atoms with E-state index in [9.17, 15) is 100 Å². The largest absolute Gasteiger partial charge is 0.376 e. The zero-order valence-electron chi connectivity index (χ0n) is 81.4. The van der Waals surface area contributed by atoms with Crippen LogP contribution in [0.5, 0.6) is 0 Å². The third kappa shape index (κ3) is 19.4. The first-order chi connectivity index (χ1) is 71.2. The van der Waals surface area contributed by atoms with Gasteiger partial charge in [0.1, 0.15) is 34.0 Å². The number of aryl methyl sites for hydroxylation is 1. The van der Waals surface area contributed by atoms with E-state index in [1.165, 1.54) is 172 Å². The van der Waals surface area contributed by atoms with Gasteiger partial charge in [-0.15, -0.1) is 0 Å². The topological polar surface area (TPSA) is 382 Å². The van der Waals surface area contributed by atoms with Crippen molar-refractivity contribution >= 4 is 144 Å². The standard InChI is InChI=1S/C29H33NO4S.2C24H17NO4S.C21H16FNO4S.C20H14FNO4S/c1-18(2)22-15-24(19(3)4)28(25(16-22)20(5)6)35(33,34)30-26-10-8-7-9-21(26)17-27(30)29(32)13-11-23(31)12-14-29;26-20-11-13-24(27,14-12-20)23-16-19-7-3-4-8-22(19)25(23)30(28,29)21-10-9-17-5-1-2-6-18(17)15-21;26-22-14-15-24(27,20-12-6-5-11-19(20)22)23-16-17-8-4-7-13-21(17)25(23)30(28,29)18-9-2-1-3-10-18;1-14-2-5-18(6-3-14)28(26,27)23-19-7-4-16(22)12-15(19)13-20(23)21(25)10-8-17(24)9-11-21;21-15-5-7-17(8-6-15)27(25,26)22-18-4-2-1-3-14(18)13-19(22)20(24)11-9-16(23)10-12-20/h7-20,32H,1-6H3;2*1-16,27H;2-13,25H,1H3;1-13,24H. The maximum absolute atomic E-state index is 14.6. The molecule has 5 aromatic heterocycles. The molecule has 5 aliphatic rings. The molecular weight excluding hydrogens is 2010 g/mol. The number of para-hydroxylation sites is 4. The summed E-state index contributed by atoms with van der Waals surface area (Å²) in [4.78, 5) is 59.1. The molecule has 0 spiro atoms. The number of carbonyl (C=O) groups is 5. The van der Waals surface area contributed by atoms with E-state index in [0.29, 0.717) is 60.1 Å². The number of fused-ring (bicyclic) bond motifs is 7. The molecule has 5 aliphatic carbocycles. The number of ketones is 5. The van der Waals surface area contributed by atoms with Gasteiger partial charge in [0.25, 0.3) is 50.1 Å². The monoisotopic (exact) mass is 2100 g/mol. The first kappa shape index (κ1) is 104. The van der Waals surface area contributed by atoms with E-state index in [2.05, 4.69) is 13.8 Å². The minimum absolute atomic E-state index is 0.00586. The maximum Gasteiger partial charge on any atom is 0.269 e. The van der Waals surface area contributed by atoms with Crippen LogP contribution in [0.3, 0.4) is 0 Å². The molecule has 25 nitrogen and oxygen atoms in total. The first-order valence-corrected chi connectivity index (χ1v) is 54.6. The average Bonchev–Trinajstić information content (AvgIpc) is 1.56. The molecule has 5 N–H and O–H groups in total. The highest BCUT2D eigenvalue weighted by Crippen LogP contribution is 2.47. The molecule has 1 atom stereocenters. The second kappa shape index (κ2) is 39.9. The van der Waals surface area contributed by atoms with E-state index in [4.69, 9.17) is 0 Å². The summed E-state index contributed by atoms with van der Waals surface area (Å²) in [7, 11) is -20.4. The van der Waals surface area contributed by atoms with Crippen molar-refractivity contribution in [1.82, 2.24) is 19.9 Å². The van der Waals surface area contributed by atoms with Crippen molar-refractivity contribution in [2.75, 3.05) is 0 Å². The summed E-state index contributed by atoms with van der Waals surface area (Å²) in [5, 5.41) is 61.3. The molecule has 0 bridgehead atoms. The summed E-state index contributed by atoms with van der Waals surface area (Å²) in [5.41, 5.74) is -2.13. The van der Waals surface area contributed by atoms with Gasteiger partial charge in [0.2, 0.25) is 0 Å². The Morgan fingerprint density at radius 3 is 0.967 bits per heavy atom. The van der Waals surface area contributed by atoms with Crippen LogP contribution < -0.4 is 0 Å². The Labute approximate surface area is 863 Å². The minimum atomic E-state index is -4.14. The van der Waals surface area contributed by atoms with Crippen LogP contribution in [0.4, 0.5) is 8.78 Å². The van der Waals surface area contributed by atoms with Gasteiger partial charge in [0.15, 0.2) is 34.5 Å². The molecule has 758 valence electrons. The zero-order chi connectivity index (χ0) is 107. The number of halogens is 2. The summed E-state index contributed by atoms with van der Waals surface area (Å²) >= 11 is 0. The Hall–Kier alpha value is -16.0. The number of carbonyl (C=O) groups excluding carboxylic acids is 5. The Kier molecular flexibility index (Phi) is 27.7. The molecule has 0 radical (unpaired) electrons. The number of allylic oxidation sites excluding steroid dienone is 9. The van der Waals surface area contributed by atoms with Crippen molar-refractivity contribution in [3.05, 3.63) is 486 Å². The number of hydrogen-bond acceptors (Lipinski definition) is 20. The Morgan fingerprint density at radius 1 is 0.260 bits per heavy atom. The van der Waals surface area contributed by atoms with Crippen LogP contribution in [-0.4, -0.2) is 116 Å². The van der Waals surface area contributed by atoms with E-state index in [-0.39, 0.29) is 105 Å². The third-order valence-electron chi connectivity index (χ3n) is 26.5. The van der Waals surface area contributed by atoms with Crippen LogP contribution in [0.1, 0.15) is 126 Å². The summed E-state index contributed by atoms with van der Waals surface area (Å²) < 4.78 is 170. The summed E-state index contributed by atoms with van der Waals surface area (Å²) in [6, 6.07) is 81.8. The van der Waals surface area contributed by atoms with Crippen molar-refractivity contribution in [2.24, 2.45) is 0 Å². The first-order valence-electron chi connectivity index (χ1n) is 47.4. The molecule has 0 amide bonds. The summed E-state index contributed by atoms with van der Waals surface area (Å²) in [6.07, 6.45) is 22.7. The molecule has 17 aromatic rings. The van der Waals surface area contributed by atoms with Gasteiger partial charge in [0, 0.05) is 38.1 Å². The van der Waals surface area contributed by atoms with Gasteiger partial charge in [-0.2, -0.15) is 0 Å². The van der Waals surface area contributed by atoms with Crippen LogP contribution in [0.25, 0.3) is 65.3 Å². The summed E-state index contributed by atoms with van der Waals surface area (Å²) in [6.45, 7) is 14.1. The predicted octanol–water partition coefficient (Wildman–Crippen LogP) is 20.0. The van der Waals surface area contributed by atoms with Crippen LogP contribution in [0.15, 0.2) is 437 Å². The Bertz CT molecular complexity index is 9290. The highest BCUT2D eigenvalue weighted by molar-refractivity contribution is 7.91. The van der Waals surface area contributed by atoms with Crippen LogP contribution >= 0.6 is 0 Å². The van der Waals surface area contributed by atoms with Crippen molar-refractivity contribution in [3.8, 4) is 0 Å². The van der Waals surface area contributed by atoms with E-state index >= 15 is 0 Å². The molecule has 0 saturated carbocycles. The van der Waals surface area contributed by atoms with Crippen molar-refractivity contribution in [3.63, 3.8) is 0 Å². The number of hydrogen-bond donors (Lipinski definition) is 5. The second-order valence-electron chi connectivity index (χ2n) is 37.6. The fourth-order valence-electron chi connectivity index (χ4n) is 18.7. The molecule has 0 fully saturated rings. The number of aliphatic hydroxyl groups is 5. The Morgan fingerprint density at radius 2 is 0.567 bits per heavy atom. The molecule has 1 unspecified atom stereocenters. The van der Waals surface area contributed by atoms with Gasteiger partial charge in [-0.05, 0) is 295 Å². The molecule has 0 aliphatic heterocycles. The average molecular weight is 2100 g/mol. The molecule has 12 aromatic carbocycles. The van der Waals surface area contributed by atoms with Gasteiger partial charge < -0.3 is 25.5 Å². The van der Waals surface area contributed by atoms with E-state index < -0.39 is 89.8 Å². The molecule has 5 heterocycles.